The minimum Gasteiger partial charge on any atom is -0.355 e. The highest BCUT2D eigenvalue weighted by Crippen LogP contribution is 2.21. The predicted octanol–water partition coefficient (Wildman–Crippen LogP) is 4.00. The van der Waals surface area contributed by atoms with E-state index in [0.29, 0.717) is 26.9 Å². The van der Waals surface area contributed by atoms with E-state index >= 15 is 0 Å². The van der Waals surface area contributed by atoms with Gasteiger partial charge in [-0.15, -0.1) is 0 Å². The third-order valence-corrected chi connectivity index (χ3v) is 3.59. The van der Waals surface area contributed by atoms with E-state index in [0.717, 1.165) is 0 Å². The fraction of sp³-hybridized carbons (Fsp3) is 0.0588. The molecule has 0 fully saturated rings. The molecule has 0 unspecified atom stereocenters. The van der Waals surface area contributed by atoms with Crippen molar-refractivity contribution in [1.29, 1.82) is 0 Å². The Bertz CT molecular complexity index is 756. The number of hydrogen-bond acceptors (Lipinski definition) is 2. The van der Waals surface area contributed by atoms with Crippen molar-refractivity contribution in [2.45, 2.75) is 0 Å². The van der Waals surface area contributed by atoms with Gasteiger partial charge in [0.1, 0.15) is 0 Å². The van der Waals surface area contributed by atoms with Crippen molar-refractivity contribution < 1.29 is 9.59 Å². The lowest BCUT2D eigenvalue weighted by Gasteiger charge is -2.04. The number of carbonyl (C=O) groups excluding carboxylic acids is 2. The highest BCUT2D eigenvalue weighted by molar-refractivity contribution is 6.34. The van der Waals surface area contributed by atoms with Crippen LogP contribution in [0.4, 0.5) is 5.69 Å². The molecule has 118 valence electrons. The van der Waals surface area contributed by atoms with Gasteiger partial charge >= 0.3 is 0 Å². The van der Waals surface area contributed by atoms with E-state index in [1.165, 1.54) is 6.08 Å². The van der Waals surface area contributed by atoms with Gasteiger partial charge in [0.15, 0.2) is 0 Å². The Kier molecular flexibility index (Phi) is 5.79. The summed E-state index contributed by atoms with van der Waals surface area (Å²) in [5.41, 5.74) is 1.76. The fourth-order valence-corrected chi connectivity index (χ4v) is 2.20. The van der Waals surface area contributed by atoms with E-state index in [4.69, 9.17) is 23.2 Å². The molecule has 2 amide bonds. The van der Waals surface area contributed by atoms with E-state index in [-0.39, 0.29) is 11.8 Å². The molecule has 6 heteroatoms. The Balaban J connectivity index is 2.03. The van der Waals surface area contributed by atoms with E-state index in [9.17, 15) is 9.59 Å². The first-order valence-electron chi connectivity index (χ1n) is 6.76. The van der Waals surface area contributed by atoms with E-state index in [2.05, 4.69) is 10.6 Å². The van der Waals surface area contributed by atoms with Crippen molar-refractivity contribution >= 4 is 46.8 Å². The zero-order valence-electron chi connectivity index (χ0n) is 12.3. The molecule has 0 atom stereocenters. The second kappa shape index (κ2) is 7.81. The summed E-state index contributed by atoms with van der Waals surface area (Å²) in [7, 11) is 1.56. The number of hydrogen-bond donors (Lipinski definition) is 2. The second-order valence-corrected chi connectivity index (χ2v) is 5.49. The fourth-order valence-electron chi connectivity index (χ4n) is 1.84. The summed E-state index contributed by atoms with van der Waals surface area (Å²) in [6.07, 6.45) is 2.95. The van der Waals surface area contributed by atoms with E-state index < -0.39 is 0 Å². The molecule has 2 rings (SSSR count). The molecule has 2 N–H and O–H groups in total. The van der Waals surface area contributed by atoms with Gasteiger partial charge in [-0.05, 0) is 54.1 Å². The first kappa shape index (κ1) is 17.1. The van der Waals surface area contributed by atoms with Crippen LogP contribution in [0.1, 0.15) is 15.9 Å². The number of rotatable bonds is 4. The van der Waals surface area contributed by atoms with Gasteiger partial charge in [-0.2, -0.15) is 0 Å². The number of halogens is 2. The molecule has 0 bridgehead atoms. The molecule has 0 aliphatic rings. The lowest BCUT2D eigenvalue weighted by molar-refractivity contribution is -0.111. The average molecular weight is 349 g/mol. The number of nitrogens with one attached hydrogen (secondary N) is 2. The Morgan fingerprint density at radius 2 is 1.74 bits per heavy atom. The quantitative estimate of drug-likeness (QED) is 0.820. The molecule has 23 heavy (non-hydrogen) atoms. The van der Waals surface area contributed by atoms with Gasteiger partial charge < -0.3 is 10.6 Å². The van der Waals surface area contributed by atoms with Gasteiger partial charge in [0.05, 0.1) is 0 Å². The van der Waals surface area contributed by atoms with Crippen LogP contribution in [0.5, 0.6) is 0 Å². The maximum Gasteiger partial charge on any atom is 0.251 e. The van der Waals surface area contributed by atoms with Gasteiger partial charge in [-0.25, -0.2) is 0 Å². The number of anilines is 1. The molecule has 4 nitrogen and oxygen atoms in total. The molecule has 0 aromatic heterocycles. The van der Waals surface area contributed by atoms with Crippen molar-refractivity contribution in [2.24, 2.45) is 0 Å². The molecule has 0 heterocycles. The van der Waals surface area contributed by atoms with Crippen LogP contribution in [0.3, 0.4) is 0 Å². The molecule has 0 saturated carbocycles. The number of amides is 2. The lowest BCUT2D eigenvalue weighted by atomic mass is 10.2. The third-order valence-electron chi connectivity index (χ3n) is 3.01. The molecule has 0 aliphatic heterocycles. The van der Waals surface area contributed by atoms with Crippen molar-refractivity contribution in [1.82, 2.24) is 5.32 Å². The summed E-state index contributed by atoms with van der Waals surface area (Å²) in [4.78, 5) is 23.3. The Labute approximate surface area is 144 Å². The van der Waals surface area contributed by atoms with Crippen molar-refractivity contribution in [3.05, 3.63) is 69.7 Å². The number of carbonyl (C=O) groups is 2. The third kappa shape index (κ3) is 4.84. The molecule has 0 spiro atoms. The molecular formula is C17H14Cl2N2O2. The van der Waals surface area contributed by atoms with Gasteiger partial charge in [0.25, 0.3) is 5.91 Å². The summed E-state index contributed by atoms with van der Waals surface area (Å²) in [5.74, 6) is -0.493. The molecule has 0 saturated heterocycles. The van der Waals surface area contributed by atoms with Gasteiger partial charge in [0, 0.05) is 34.4 Å². The van der Waals surface area contributed by atoms with E-state index in [1.807, 2.05) is 0 Å². The molecule has 0 radical (unpaired) electrons. The molecule has 2 aromatic carbocycles. The Hall–Kier alpha value is -2.30. The highest BCUT2D eigenvalue weighted by Gasteiger charge is 2.04. The lowest BCUT2D eigenvalue weighted by Crippen LogP contribution is -2.17. The van der Waals surface area contributed by atoms with Crippen LogP contribution in [0.25, 0.3) is 6.08 Å². The van der Waals surface area contributed by atoms with Crippen LogP contribution in [0, 0.1) is 0 Å². The summed E-state index contributed by atoms with van der Waals surface area (Å²) in [6.45, 7) is 0. The van der Waals surface area contributed by atoms with Gasteiger partial charge in [-0.1, -0.05) is 23.2 Å². The smallest absolute Gasteiger partial charge is 0.251 e. The van der Waals surface area contributed by atoms with Crippen LogP contribution in [0.15, 0.2) is 48.5 Å². The highest BCUT2D eigenvalue weighted by atomic mass is 35.5. The standard InChI is InChI=1S/C17H14Cl2N2O2/c1-20-17(23)11-2-6-14(7-3-11)21-16(22)9-4-12-10-13(18)5-8-15(12)19/h2-10H,1H3,(H,20,23)(H,21,22)/b9-4+. The van der Waals surface area contributed by atoms with E-state index in [1.54, 1.807) is 55.6 Å². The van der Waals surface area contributed by atoms with Crippen molar-refractivity contribution in [3.63, 3.8) is 0 Å². The summed E-state index contributed by atoms with van der Waals surface area (Å²) >= 11 is 11.9. The zero-order valence-corrected chi connectivity index (χ0v) is 13.8. The summed E-state index contributed by atoms with van der Waals surface area (Å²) in [5, 5.41) is 6.27. The maximum absolute atomic E-state index is 11.9. The Morgan fingerprint density at radius 3 is 2.39 bits per heavy atom. The minimum atomic E-state index is -0.311. The van der Waals surface area contributed by atoms with Crippen LogP contribution in [0.2, 0.25) is 10.0 Å². The average Bonchev–Trinajstić information content (AvgIpc) is 2.55. The van der Waals surface area contributed by atoms with Crippen LogP contribution < -0.4 is 10.6 Å². The predicted molar refractivity (Wildman–Crippen MR) is 94.0 cm³/mol. The maximum atomic E-state index is 11.9. The SMILES string of the molecule is CNC(=O)c1ccc(NC(=O)/C=C/c2cc(Cl)ccc2Cl)cc1. The summed E-state index contributed by atoms with van der Waals surface area (Å²) in [6, 6.07) is 11.6. The monoisotopic (exact) mass is 348 g/mol. The first-order valence-corrected chi connectivity index (χ1v) is 7.51. The van der Waals surface area contributed by atoms with Crippen LogP contribution in [-0.4, -0.2) is 18.9 Å². The van der Waals surface area contributed by atoms with Crippen molar-refractivity contribution in [2.75, 3.05) is 12.4 Å². The second-order valence-electron chi connectivity index (χ2n) is 4.64. The first-order chi connectivity index (χ1) is 11.0. The topological polar surface area (TPSA) is 58.2 Å². The van der Waals surface area contributed by atoms with Crippen LogP contribution >= 0.6 is 23.2 Å². The van der Waals surface area contributed by atoms with Crippen LogP contribution in [-0.2, 0) is 4.79 Å². The Morgan fingerprint density at radius 1 is 1.04 bits per heavy atom. The largest absolute Gasteiger partial charge is 0.355 e. The molecule has 0 aliphatic carbocycles. The zero-order chi connectivity index (χ0) is 16.8. The minimum absolute atomic E-state index is 0.182. The van der Waals surface area contributed by atoms with Gasteiger partial charge in [0.2, 0.25) is 5.91 Å². The molecule has 2 aromatic rings. The van der Waals surface area contributed by atoms with Gasteiger partial charge in [-0.3, -0.25) is 9.59 Å². The normalized spacial score (nSPS) is 10.6. The molecular weight excluding hydrogens is 335 g/mol. The van der Waals surface area contributed by atoms with Crippen molar-refractivity contribution in [3.8, 4) is 0 Å². The summed E-state index contributed by atoms with van der Waals surface area (Å²) < 4.78 is 0. The number of benzene rings is 2.